The number of amides is 1. The average molecular weight is 269 g/mol. The molecular formula is C10H15N5O2S. The molecule has 18 heavy (non-hydrogen) atoms. The normalized spacial score (nSPS) is 20.7. The molecule has 1 amide bonds. The van der Waals surface area contributed by atoms with Crippen molar-refractivity contribution in [3.05, 3.63) is 11.8 Å². The maximum atomic E-state index is 12.0. The largest absolute Gasteiger partial charge is 0.409 e. The zero-order valence-corrected chi connectivity index (χ0v) is 10.5. The first kappa shape index (κ1) is 12.7. The van der Waals surface area contributed by atoms with Gasteiger partial charge in [-0.1, -0.05) is 11.6 Å². The van der Waals surface area contributed by atoms with Crippen molar-refractivity contribution in [2.75, 3.05) is 11.1 Å². The van der Waals surface area contributed by atoms with Gasteiger partial charge < -0.3 is 16.3 Å². The van der Waals surface area contributed by atoms with Crippen LogP contribution in [0.2, 0.25) is 0 Å². The standard InChI is InChI=1S/C10H15N5O2S/c11-8(15-17)6-5-12-14-9(6)13-10(16)7-3-1-2-4-18-7/h5,7,17H,1-4H2,(H2,11,15)(H2,12,13,14,16). The number of H-pyrrole nitrogens is 1. The van der Waals surface area contributed by atoms with E-state index in [0.717, 1.165) is 25.0 Å². The zero-order valence-electron chi connectivity index (χ0n) is 9.72. The third-order valence-corrected chi connectivity index (χ3v) is 4.12. The number of anilines is 1. The molecule has 0 aromatic carbocycles. The van der Waals surface area contributed by atoms with Crippen LogP contribution < -0.4 is 11.1 Å². The van der Waals surface area contributed by atoms with Gasteiger partial charge >= 0.3 is 0 Å². The van der Waals surface area contributed by atoms with Crippen molar-refractivity contribution < 1.29 is 10.0 Å². The average Bonchev–Trinajstić information content (AvgIpc) is 2.87. The van der Waals surface area contributed by atoms with Crippen LogP contribution in [0.5, 0.6) is 0 Å². The minimum atomic E-state index is -0.0876. The third kappa shape index (κ3) is 2.76. The van der Waals surface area contributed by atoms with E-state index in [-0.39, 0.29) is 17.0 Å². The van der Waals surface area contributed by atoms with Crippen molar-refractivity contribution in [2.24, 2.45) is 10.9 Å². The van der Waals surface area contributed by atoms with Crippen molar-refractivity contribution in [1.29, 1.82) is 0 Å². The molecular weight excluding hydrogens is 254 g/mol. The van der Waals surface area contributed by atoms with Crippen molar-refractivity contribution in [2.45, 2.75) is 24.5 Å². The quantitative estimate of drug-likeness (QED) is 0.279. The van der Waals surface area contributed by atoms with Crippen molar-refractivity contribution in [3.63, 3.8) is 0 Å². The smallest absolute Gasteiger partial charge is 0.238 e. The number of rotatable bonds is 3. The predicted molar refractivity (Wildman–Crippen MR) is 69.8 cm³/mol. The Morgan fingerprint density at radius 1 is 1.67 bits per heavy atom. The summed E-state index contributed by atoms with van der Waals surface area (Å²) >= 11 is 1.66. The van der Waals surface area contributed by atoms with Crippen molar-refractivity contribution in [1.82, 2.24) is 10.2 Å². The van der Waals surface area contributed by atoms with E-state index in [2.05, 4.69) is 20.7 Å². The summed E-state index contributed by atoms with van der Waals surface area (Å²) < 4.78 is 0. The molecule has 0 saturated carbocycles. The molecule has 7 nitrogen and oxygen atoms in total. The fourth-order valence-corrected chi connectivity index (χ4v) is 2.98. The highest BCUT2D eigenvalue weighted by atomic mass is 32.2. The molecule has 1 unspecified atom stereocenters. The van der Waals surface area contributed by atoms with Gasteiger partial charge in [0.25, 0.3) is 0 Å². The Kier molecular flexibility index (Phi) is 4.08. The molecule has 5 N–H and O–H groups in total. The molecule has 1 atom stereocenters. The Labute approximate surface area is 108 Å². The van der Waals surface area contributed by atoms with Gasteiger partial charge in [0, 0.05) is 0 Å². The van der Waals surface area contributed by atoms with Gasteiger partial charge in [0.2, 0.25) is 5.91 Å². The predicted octanol–water partition coefficient (Wildman–Crippen LogP) is 0.728. The van der Waals surface area contributed by atoms with Gasteiger partial charge in [-0.3, -0.25) is 9.89 Å². The number of nitrogens with zero attached hydrogens (tertiary/aromatic N) is 2. The number of hydrogen-bond donors (Lipinski definition) is 4. The van der Waals surface area contributed by atoms with Crippen molar-refractivity contribution in [3.8, 4) is 0 Å². The fourth-order valence-electron chi connectivity index (χ4n) is 1.78. The number of hydrogen-bond acceptors (Lipinski definition) is 5. The summed E-state index contributed by atoms with van der Waals surface area (Å²) in [6.45, 7) is 0. The molecule has 0 spiro atoms. The van der Waals surface area contributed by atoms with Crippen LogP contribution in [0.25, 0.3) is 0 Å². The van der Waals surface area contributed by atoms with E-state index in [4.69, 9.17) is 10.9 Å². The van der Waals surface area contributed by atoms with E-state index in [1.165, 1.54) is 6.20 Å². The number of nitrogens with one attached hydrogen (secondary N) is 2. The third-order valence-electron chi connectivity index (χ3n) is 2.74. The van der Waals surface area contributed by atoms with Gasteiger partial charge in [-0.2, -0.15) is 5.10 Å². The van der Waals surface area contributed by atoms with E-state index in [1.54, 1.807) is 11.8 Å². The van der Waals surface area contributed by atoms with Gasteiger partial charge in [0.05, 0.1) is 17.0 Å². The van der Waals surface area contributed by atoms with Gasteiger partial charge in [-0.05, 0) is 18.6 Å². The first-order chi connectivity index (χ1) is 8.72. The Bertz CT molecular complexity index is 453. The Morgan fingerprint density at radius 2 is 2.50 bits per heavy atom. The Hall–Kier alpha value is -1.70. The lowest BCUT2D eigenvalue weighted by Gasteiger charge is -2.20. The molecule has 0 bridgehead atoms. The molecule has 1 aromatic heterocycles. The number of thioether (sulfide) groups is 1. The van der Waals surface area contributed by atoms with Crippen LogP contribution in [0, 0.1) is 0 Å². The van der Waals surface area contributed by atoms with Gasteiger partial charge in [0.15, 0.2) is 5.84 Å². The number of carbonyl (C=O) groups excluding carboxylic acids is 1. The summed E-state index contributed by atoms with van der Waals surface area (Å²) in [6, 6.07) is 0. The lowest BCUT2D eigenvalue weighted by atomic mass is 10.2. The second kappa shape index (κ2) is 5.76. The SMILES string of the molecule is NC(=NO)c1cn[nH]c1NC(=O)C1CCCCS1. The summed E-state index contributed by atoms with van der Waals surface area (Å²) in [4.78, 5) is 12.0. The second-order valence-electron chi connectivity index (χ2n) is 3.99. The maximum Gasteiger partial charge on any atom is 0.238 e. The monoisotopic (exact) mass is 269 g/mol. The van der Waals surface area contributed by atoms with Crippen LogP contribution in [0.15, 0.2) is 11.4 Å². The van der Waals surface area contributed by atoms with E-state index in [1.807, 2.05) is 0 Å². The molecule has 1 aliphatic heterocycles. The zero-order chi connectivity index (χ0) is 13.0. The minimum Gasteiger partial charge on any atom is -0.409 e. The molecule has 0 radical (unpaired) electrons. The molecule has 8 heteroatoms. The van der Waals surface area contributed by atoms with Crippen LogP contribution in [0.4, 0.5) is 5.82 Å². The topological polar surface area (TPSA) is 116 Å². The molecule has 98 valence electrons. The lowest BCUT2D eigenvalue weighted by molar-refractivity contribution is -0.115. The van der Waals surface area contributed by atoms with E-state index in [0.29, 0.717) is 11.4 Å². The Balaban J connectivity index is 2.05. The summed E-state index contributed by atoms with van der Waals surface area (Å²) in [5.41, 5.74) is 5.86. The van der Waals surface area contributed by atoms with Gasteiger partial charge in [-0.15, -0.1) is 11.8 Å². The number of oxime groups is 1. The molecule has 0 aliphatic carbocycles. The Morgan fingerprint density at radius 3 is 3.17 bits per heavy atom. The molecule has 2 rings (SSSR count). The number of aromatic amines is 1. The van der Waals surface area contributed by atoms with E-state index < -0.39 is 0 Å². The highest BCUT2D eigenvalue weighted by Crippen LogP contribution is 2.26. The highest BCUT2D eigenvalue weighted by molar-refractivity contribution is 8.00. The maximum absolute atomic E-state index is 12.0. The van der Waals surface area contributed by atoms with Crippen LogP contribution in [0.3, 0.4) is 0 Å². The minimum absolute atomic E-state index is 0.0396. The summed E-state index contributed by atoms with van der Waals surface area (Å²) in [5, 5.41) is 20.6. The number of nitrogens with two attached hydrogens (primary N) is 1. The first-order valence-corrected chi connectivity index (χ1v) is 6.71. The number of carbonyl (C=O) groups is 1. The van der Waals surface area contributed by atoms with Crippen LogP contribution in [-0.2, 0) is 4.79 Å². The fraction of sp³-hybridized carbons (Fsp3) is 0.500. The number of amidine groups is 1. The summed E-state index contributed by atoms with van der Waals surface area (Å²) in [5.74, 6) is 1.21. The van der Waals surface area contributed by atoms with E-state index in [9.17, 15) is 4.79 Å². The summed E-state index contributed by atoms with van der Waals surface area (Å²) in [7, 11) is 0. The van der Waals surface area contributed by atoms with Crippen LogP contribution in [-0.4, -0.2) is 38.2 Å². The summed E-state index contributed by atoms with van der Waals surface area (Å²) in [6.07, 6.45) is 4.51. The molecule has 1 fully saturated rings. The molecule has 1 saturated heterocycles. The molecule has 1 aromatic rings. The molecule has 1 aliphatic rings. The first-order valence-electron chi connectivity index (χ1n) is 5.66. The second-order valence-corrected chi connectivity index (χ2v) is 5.30. The van der Waals surface area contributed by atoms with Gasteiger partial charge in [-0.25, -0.2) is 0 Å². The van der Waals surface area contributed by atoms with Crippen molar-refractivity contribution >= 4 is 29.3 Å². The van der Waals surface area contributed by atoms with Crippen LogP contribution in [0.1, 0.15) is 24.8 Å². The highest BCUT2D eigenvalue weighted by Gasteiger charge is 2.23. The van der Waals surface area contributed by atoms with E-state index >= 15 is 0 Å². The van der Waals surface area contributed by atoms with Gasteiger partial charge in [0.1, 0.15) is 5.82 Å². The lowest BCUT2D eigenvalue weighted by Crippen LogP contribution is -2.28. The van der Waals surface area contributed by atoms with Crippen LogP contribution >= 0.6 is 11.8 Å². The molecule has 2 heterocycles. The number of aromatic nitrogens is 2.